The maximum atomic E-state index is 13.8. The molecular formula is C17H19BrFN3O2. The molecule has 24 heavy (non-hydrogen) atoms. The fourth-order valence-corrected chi connectivity index (χ4v) is 2.36. The lowest BCUT2D eigenvalue weighted by atomic mass is 10.2. The Balaban J connectivity index is 2.15. The molecule has 2 aromatic carbocycles. The summed E-state index contributed by atoms with van der Waals surface area (Å²) in [7, 11) is 1.60. The molecular weight excluding hydrogens is 377 g/mol. The van der Waals surface area contributed by atoms with Crippen LogP contribution in [0.2, 0.25) is 0 Å². The Labute approximate surface area is 148 Å². The fourth-order valence-electron chi connectivity index (χ4n) is 1.95. The molecule has 0 aliphatic rings. The molecule has 0 amide bonds. The van der Waals surface area contributed by atoms with Crippen LogP contribution >= 0.6 is 15.9 Å². The third-order valence-corrected chi connectivity index (χ3v) is 3.66. The molecule has 0 aliphatic heterocycles. The molecule has 0 unspecified atom stereocenters. The second-order valence-electron chi connectivity index (χ2n) is 4.96. The topological polar surface area (TPSA) is 65.9 Å². The van der Waals surface area contributed by atoms with Crippen LogP contribution in [0, 0.1) is 5.82 Å². The first-order chi connectivity index (χ1) is 11.6. The molecule has 0 aromatic heterocycles. The summed E-state index contributed by atoms with van der Waals surface area (Å²) in [6.45, 7) is 1.17. The molecule has 0 saturated carbocycles. The summed E-state index contributed by atoms with van der Waals surface area (Å²) in [5.74, 6) is 0.209. The van der Waals surface area contributed by atoms with Crippen molar-refractivity contribution in [3.63, 3.8) is 0 Å². The molecule has 0 heterocycles. The maximum Gasteiger partial charge on any atom is 0.196 e. The molecule has 0 radical (unpaired) electrons. The number of phenolic OH excluding ortho intramolecular Hbond substituents is 1. The van der Waals surface area contributed by atoms with E-state index in [1.165, 1.54) is 6.07 Å². The highest BCUT2D eigenvalue weighted by Gasteiger charge is 2.06. The predicted octanol–water partition coefficient (Wildman–Crippen LogP) is 3.50. The van der Waals surface area contributed by atoms with Crippen LogP contribution in [0.1, 0.15) is 5.56 Å². The number of ether oxygens (including phenoxy) is 1. The number of anilines is 1. The summed E-state index contributed by atoms with van der Waals surface area (Å²) < 4.78 is 19.6. The highest BCUT2D eigenvalue weighted by molar-refractivity contribution is 9.10. The lowest BCUT2D eigenvalue weighted by molar-refractivity contribution is 0.204. The van der Waals surface area contributed by atoms with Crippen LogP contribution in [0.3, 0.4) is 0 Å². The first-order valence-corrected chi connectivity index (χ1v) is 8.15. The summed E-state index contributed by atoms with van der Waals surface area (Å²) in [5, 5.41) is 15.9. The zero-order valence-corrected chi connectivity index (χ0v) is 14.8. The number of nitrogens with zero attached hydrogens (tertiary/aromatic N) is 1. The van der Waals surface area contributed by atoms with Gasteiger partial charge in [0.1, 0.15) is 11.6 Å². The molecule has 0 bridgehead atoms. The first kappa shape index (κ1) is 18.2. The van der Waals surface area contributed by atoms with E-state index >= 15 is 0 Å². The van der Waals surface area contributed by atoms with Crippen molar-refractivity contribution < 1.29 is 14.2 Å². The van der Waals surface area contributed by atoms with Crippen LogP contribution in [0.25, 0.3) is 0 Å². The Morgan fingerprint density at radius 1 is 1.29 bits per heavy atom. The number of rotatable bonds is 6. The Bertz CT molecular complexity index is 710. The SMILES string of the molecule is COCCNC(=NCc1cc(Br)ccc1F)Nc1ccccc1O. The van der Waals surface area contributed by atoms with Gasteiger partial charge < -0.3 is 20.5 Å². The molecule has 0 spiro atoms. The minimum Gasteiger partial charge on any atom is -0.506 e. The van der Waals surface area contributed by atoms with Crippen molar-refractivity contribution in [3.05, 3.63) is 58.3 Å². The van der Waals surface area contributed by atoms with Crippen LogP contribution in [0.15, 0.2) is 51.9 Å². The van der Waals surface area contributed by atoms with Gasteiger partial charge in [0.2, 0.25) is 0 Å². The predicted molar refractivity (Wildman–Crippen MR) is 96.8 cm³/mol. The summed E-state index contributed by atoms with van der Waals surface area (Å²) >= 11 is 3.32. The molecule has 2 aromatic rings. The number of halogens is 2. The number of aromatic hydroxyl groups is 1. The number of guanidine groups is 1. The van der Waals surface area contributed by atoms with Crippen molar-refractivity contribution in [2.45, 2.75) is 6.54 Å². The summed E-state index contributed by atoms with van der Waals surface area (Å²) in [5.41, 5.74) is 0.977. The summed E-state index contributed by atoms with van der Waals surface area (Å²) in [4.78, 5) is 4.37. The minimum absolute atomic E-state index is 0.104. The number of nitrogens with one attached hydrogen (secondary N) is 2. The van der Waals surface area contributed by atoms with Crippen LogP contribution in [0.5, 0.6) is 5.75 Å². The number of phenols is 1. The molecule has 2 rings (SSSR count). The molecule has 0 aliphatic carbocycles. The standard InChI is InChI=1S/C17H19BrFN3O2/c1-24-9-8-20-17(22-15-4-2-3-5-16(15)23)21-11-12-10-13(18)6-7-14(12)19/h2-7,10,23H,8-9,11H2,1H3,(H2,20,21,22). The van der Waals surface area contributed by atoms with E-state index in [1.807, 2.05) is 0 Å². The van der Waals surface area contributed by atoms with Crippen molar-refractivity contribution >= 4 is 27.6 Å². The Kier molecular flexibility index (Phi) is 7.02. The zero-order valence-electron chi connectivity index (χ0n) is 13.2. The van der Waals surface area contributed by atoms with E-state index in [4.69, 9.17) is 4.74 Å². The van der Waals surface area contributed by atoms with Gasteiger partial charge in [-0.3, -0.25) is 0 Å². The molecule has 0 fully saturated rings. The van der Waals surface area contributed by atoms with Crippen molar-refractivity contribution in [3.8, 4) is 5.75 Å². The first-order valence-electron chi connectivity index (χ1n) is 7.36. The number of hydrogen-bond acceptors (Lipinski definition) is 3. The quantitative estimate of drug-likeness (QED) is 0.303. The Morgan fingerprint density at radius 2 is 2.08 bits per heavy atom. The van der Waals surface area contributed by atoms with E-state index in [0.29, 0.717) is 30.4 Å². The van der Waals surface area contributed by atoms with Crippen molar-refractivity contribution in [1.82, 2.24) is 5.32 Å². The molecule has 5 nitrogen and oxygen atoms in total. The van der Waals surface area contributed by atoms with Crippen molar-refractivity contribution in [1.29, 1.82) is 0 Å². The second kappa shape index (κ2) is 9.24. The van der Waals surface area contributed by atoms with Crippen LogP contribution in [-0.2, 0) is 11.3 Å². The van der Waals surface area contributed by atoms with Crippen LogP contribution in [0.4, 0.5) is 10.1 Å². The molecule has 3 N–H and O–H groups in total. The molecule has 0 atom stereocenters. The third-order valence-electron chi connectivity index (χ3n) is 3.17. The van der Waals surface area contributed by atoms with Gasteiger partial charge in [0.15, 0.2) is 5.96 Å². The molecule has 128 valence electrons. The van der Waals surface area contributed by atoms with Gasteiger partial charge >= 0.3 is 0 Å². The van der Waals surface area contributed by atoms with E-state index in [0.717, 1.165) is 4.47 Å². The number of hydrogen-bond donors (Lipinski definition) is 3. The number of benzene rings is 2. The monoisotopic (exact) mass is 395 g/mol. The smallest absolute Gasteiger partial charge is 0.196 e. The number of para-hydroxylation sites is 2. The second-order valence-corrected chi connectivity index (χ2v) is 5.88. The van der Waals surface area contributed by atoms with Gasteiger partial charge in [-0.05, 0) is 30.3 Å². The van der Waals surface area contributed by atoms with Crippen molar-refractivity contribution in [2.75, 3.05) is 25.6 Å². The average Bonchev–Trinajstić information content (AvgIpc) is 2.57. The largest absolute Gasteiger partial charge is 0.506 e. The van der Waals surface area contributed by atoms with Gasteiger partial charge in [-0.2, -0.15) is 0 Å². The van der Waals surface area contributed by atoms with E-state index < -0.39 is 0 Å². The van der Waals surface area contributed by atoms with E-state index in [1.54, 1.807) is 43.5 Å². The van der Waals surface area contributed by atoms with Gasteiger partial charge in [0.25, 0.3) is 0 Å². The van der Waals surface area contributed by atoms with E-state index in [-0.39, 0.29) is 18.1 Å². The van der Waals surface area contributed by atoms with Gasteiger partial charge in [0, 0.05) is 23.7 Å². The Morgan fingerprint density at radius 3 is 2.83 bits per heavy atom. The van der Waals surface area contributed by atoms with Gasteiger partial charge in [-0.15, -0.1) is 0 Å². The van der Waals surface area contributed by atoms with Crippen molar-refractivity contribution in [2.24, 2.45) is 4.99 Å². The lowest BCUT2D eigenvalue weighted by Gasteiger charge is -2.13. The molecule has 0 saturated heterocycles. The normalized spacial score (nSPS) is 11.4. The highest BCUT2D eigenvalue weighted by atomic mass is 79.9. The Hall–Kier alpha value is -2.12. The minimum atomic E-state index is -0.319. The zero-order chi connectivity index (χ0) is 17.4. The lowest BCUT2D eigenvalue weighted by Crippen LogP contribution is -2.33. The number of methoxy groups -OCH3 is 1. The fraction of sp³-hybridized carbons (Fsp3) is 0.235. The van der Waals surface area contributed by atoms with Gasteiger partial charge in [-0.1, -0.05) is 28.1 Å². The summed E-state index contributed by atoms with van der Waals surface area (Å²) in [6, 6.07) is 11.5. The highest BCUT2D eigenvalue weighted by Crippen LogP contribution is 2.21. The third kappa shape index (κ3) is 5.50. The summed E-state index contributed by atoms with van der Waals surface area (Å²) in [6.07, 6.45) is 0. The van der Waals surface area contributed by atoms with Gasteiger partial charge in [-0.25, -0.2) is 9.38 Å². The molecule has 7 heteroatoms. The van der Waals surface area contributed by atoms with E-state index in [2.05, 4.69) is 31.6 Å². The average molecular weight is 396 g/mol. The number of aliphatic imine (C=N–C) groups is 1. The van der Waals surface area contributed by atoms with Gasteiger partial charge in [0.05, 0.1) is 18.8 Å². The van der Waals surface area contributed by atoms with Crippen LogP contribution in [-0.4, -0.2) is 31.3 Å². The van der Waals surface area contributed by atoms with Crippen LogP contribution < -0.4 is 10.6 Å². The van der Waals surface area contributed by atoms with E-state index in [9.17, 15) is 9.50 Å². The maximum absolute atomic E-state index is 13.8.